The molecule has 25 heavy (non-hydrogen) atoms. The number of aliphatic carboxylic acids is 1. The Labute approximate surface area is 146 Å². The van der Waals surface area contributed by atoms with Crippen molar-refractivity contribution in [2.24, 2.45) is 0 Å². The summed E-state index contributed by atoms with van der Waals surface area (Å²) in [4.78, 5) is 33.4. The van der Waals surface area contributed by atoms with Gasteiger partial charge in [0.2, 0.25) is 0 Å². The Kier molecular flexibility index (Phi) is 5.66. The van der Waals surface area contributed by atoms with Gasteiger partial charge < -0.3 is 15.2 Å². The molecular weight excluding hydrogens is 355 g/mol. The van der Waals surface area contributed by atoms with Gasteiger partial charge in [-0.3, -0.25) is 14.9 Å². The van der Waals surface area contributed by atoms with Crippen LogP contribution in [0.25, 0.3) is 0 Å². The van der Waals surface area contributed by atoms with Crippen LogP contribution in [0, 0.1) is 15.9 Å². The highest BCUT2D eigenvalue weighted by molar-refractivity contribution is 6.31. The Morgan fingerprint density at radius 1 is 1.20 bits per heavy atom. The maximum absolute atomic E-state index is 12.9. The normalized spacial score (nSPS) is 11.6. The van der Waals surface area contributed by atoms with Gasteiger partial charge in [0.05, 0.1) is 11.0 Å². The Balaban J connectivity index is 2.34. The third kappa shape index (κ3) is 4.74. The highest BCUT2D eigenvalue weighted by Gasteiger charge is 2.21. The number of carboxylic acids is 1. The molecule has 2 rings (SSSR count). The first kappa shape index (κ1) is 18.3. The molecule has 0 fully saturated rings. The Morgan fingerprint density at radius 2 is 1.84 bits per heavy atom. The second-order valence-electron chi connectivity index (χ2n) is 5.07. The molecule has 0 spiro atoms. The van der Waals surface area contributed by atoms with E-state index >= 15 is 0 Å². The predicted octanol–water partition coefficient (Wildman–Crippen LogP) is 2.00. The first-order valence-electron chi connectivity index (χ1n) is 6.98. The molecule has 0 unspecified atom stereocenters. The molecule has 1 atom stereocenters. The number of non-ortho nitro benzene ring substituents is 1. The van der Waals surface area contributed by atoms with Gasteiger partial charge in [-0.05, 0) is 30.3 Å². The number of nitrogens with one attached hydrogen (secondary N) is 1. The molecule has 0 aliphatic heterocycles. The average molecular weight is 366 g/mol. The summed E-state index contributed by atoms with van der Waals surface area (Å²) >= 11 is 5.99. The zero-order chi connectivity index (χ0) is 18.6. The lowest BCUT2D eigenvalue weighted by Crippen LogP contribution is -2.34. The number of amides is 1. The van der Waals surface area contributed by atoms with Crippen LogP contribution in [0.15, 0.2) is 42.5 Å². The maximum atomic E-state index is 12.9. The molecule has 2 aromatic rings. The fourth-order valence-electron chi connectivity index (χ4n) is 2.16. The highest BCUT2D eigenvalue weighted by Crippen LogP contribution is 2.29. The van der Waals surface area contributed by atoms with Crippen LogP contribution in [0.5, 0.6) is 0 Å². The summed E-state index contributed by atoms with van der Waals surface area (Å²) in [6, 6.07) is 6.90. The molecule has 1 amide bonds. The van der Waals surface area contributed by atoms with Crippen LogP contribution in [0.2, 0.25) is 5.02 Å². The van der Waals surface area contributed by atoms with Gasteiger partial charge in [-0.15, -0.1) is 0 Å². The van der Waals surface area contributed by atoms with Crippen LogP contribution >= 0.6 is 11.6 Å². The molecule has 0 bridgehead atoms. The Morgan fingerprint density at radius 3 is 2.40 bits per heavy atom. The maximum Gasteiger partial charge on any atom is 0.269 e. The van der Waals surface area contributed by atoms with Crippen molar-refractivity contribution in [3.8, 4) is 0 Å². The summed E-state index contributed by atoms with van der Waals surface area (Å²) in [6.45, 7) is 0. The van der Waals surface area contributed by atoms with Gasteiger partial charge in [0, 0.05) is 40.7 Å². The predicted molar refractivity (Wildman–Crippen MR) is 84.3 cm³/mol. The lowest BCUT2D eigenvalue weighted by Gasteiger charge is -2.21. The molecule has 0 aliphatic carbocycles. The van der Waals surface area contributed by atoms with E-state index in [0.717, 1.165) is 24.3 Å². The molecule has 0 aromatic heterocycles. The standard InChI is InChI=1S/C16H12ClFN2O5/c17-13-6-5-11(20(24)25)7-12(13)14(8-15(21)22)19-16(23)9-1-3-10(18)4-2-9/h1-7,14H,8H2,(H,19,23)(H,21,22)/p-1/t14-/m1/s1. The van der Waals surface area contributed by atoms with Crippen molar-refractivity contribution in [1.29, 1.82) is 0 Å². The van der Waals surface area contributed by atoms with E-state index in [2.05, 4.69) is 5.32 Å². The second kappa shape index (κ2) is 7.71. The van der Waals surface area contributed by atoms with E-state index < -0.39 is 35.1 Å². The summed E-state index contributed by atoms with van der Waals surface area (Å²) in [5.74, 6) is -2.70. The zero-order valence-electron chi connectivity index (χ0n) is 12.6. The Bertz CT molecular complexity index is 826. The molecule has 0 aliphatic rings. The number of carbonyl (C=O) groups excluding carboxylic acids is 2. The van der Waals surface area contributed by atoms with Crippen molar-refractivity contribution >= 4 is 29.2 Å². The zero-order valence-corrected chi connectivity index (χ0v) is 13.3. The van der Waals surface area contributed by atoms with E-state index in [1.165, 1.54) is 18.2 Å². The van der Waals surface area contributed by atoms with Crippen LogP contribution in [0.3, 0.4) is 0 Å². The SMILES string of the molecule is O=C([O-])C[C@@H](NC(=O)c1ccc(F)cc1)c1cc([N+](=O)[O-])ccc1Cl. The molecule has 0 saturated carbocycles. The molecule has 0 heterocycles. The minimum Gasteiger partial charge on any atom is -0.550 e. The van der Waals surface area contributed by atoms with E-state index in [1.54, 1.807) is 0 Å². The van der Waals surface area contributed by atoms with Crippen molar-refractivity contribution in [3.05, 3.63) is 74.5 Å². The van der Waals surface area contributed by atoms with Gasteiger partial charge in [-0.25, -0.2) is 4.39 Å². The molecular formula is C16H11ClFN2O5-. The topological polar surface area (TPSA) is 112 Å². The van der Waals surface area contributed by atoms with E-state index in [0.29, 0.717) is 0 Å². The van der Waals surface area contributed by atoms with Gasteiger partial charge in [0.15, 0.2) is 0 Å². The number of nitrogens with zero attached hydrogens (tertiary/aromatic N) is 1. The minimum atomic E-state index is -1.48. The van der Waals surface area contributed by atoms with Gasteiger partial charge in [-0.2, -0.15) is 0 Å². The Hall–Kier alpha value is -3.00. The number of nitro groups is 1. The van der Waals surface area contributed by atoms with E-state index in [1.807, 2.05) is 0 Å². The monoisotopic (exact) mass is 365 g/mol. The third-order valence-electron chi connectivity index (χ3n) is 3.35. The summed E-state index contributed by atoms with van der Waals surface area (Å²) in [5.41, 5.74) is -0.152. The minimum absolute atomic E-state index is 0.0521. The summed E-state index contributed by atoms with van der Waals surface area (Å²) in [5, 5.41) is 24.4. The lowest BCUT2D eigenvalue weighted by molar-refractivity contribution is -0.385. The average Bonchev–Trinajstić information content (AvgIpc) is 2.54. The number of carbonyl (C=O) groups is 2. The first-order valence-corrected chi connectivity index (χ1v) is 7.36. The van der Waals surface area contributed by atoms with Gasteiger partial charge >= 0.3 is 0 Å². The van der Waals surface area contributed by atoms with Crippen LogP contribution in [0.4, 0.5) is 10.1 Å². The molecule has 0 radical (unpaired) electrons. The number of hydrogen-bond donors (Lipinski definition) is 1. The number of halogens is 2. The number of benzene rings is 2. The third-order valence-corrected chi connectivity index (χ3v) is 3.69. The van der Waals surface area contributed by atoms with Crippen LogP contribution in [-0.4, -0.2) is 16.8 Å². The van der Waals surface area contributed by atoms with E-state index in [4.69, 9.17) is 11.6 Å². The van der Waals surface area contributed by atoms with Crippen molar-refractivity contribution in [3.63, 3.8) is 0 Å². The van der Waals surface area contributed by atoms with Crippen molar-refractivity contribution in [1.82, 2.24) is 5.32 Å². The molecule has 2 aromatic carbocycles. The van der Waals surface area contributed by atoms with E-state index in [9.17, 15) is 29.2 Å². The molecule has 130 valence electrons. The number of rotatable bonds is 6. The molecule has 7 nitrogen and oxygen atoms in total. The van der Waals surface area contributed by atoms with Gasteiger partial charge in [0.1, 0.15) is 5.82 Å². The fourth-order valence-corrected chi connectivity index (χ4v) is 2.41. The van der Waals surface area contributed by atoms with Crippen molar-refractivity contribution in [2.75, 3.05) is 0 Å². The highest BCUT2D eigenvalue weighted by atomic mass is 35.5. The summed E-state index contributed by atoms with van der Waals surface area (Å²) in [6.07, 6.45) is -0.645. The quantitative estimate of drug-likeness (QED) is 0.621. The van der Waals surface area contributed by atoms with Crippen LogP contribution < -0.4 is 10.4 Å². The summed E-state index contributed by atoms with van der Waals surface area (Å²) < 4.78 is 12.9. The number of carboxylic acid groups (broad SMARTS) is 1. The first-order chi connectivity index (χ1) is 11.8. The van der Waals surface area contributed by atoms with Crippen molar-refractivity contribution in [2.45, 2.75) is 12.5 Å². The van der Waals surface area contributed by atoms with Crippen LogP contribution in [0.1, 0.15) is 28.4 Å². The van der Waals surface area contributed by atoms with Crippen LogP contribution in [-0.2, 0) is 4.79 Å². The summed E-state index contributed by atoms with van der Waals surface area (Å²) in [7, 11) is 0. The lowest BCUT2D eigenvalue weighted by atomic mass is 10.0. The number of hydrogen-bond acceptors (Lipinski definition) is 5. The van der Waals surface area contributed by atoms with Crippen molar-refractivity contribution < 1.29 is 24.0 Å². The molecule has 1 N–H and O–H groups in total. The van der Waals surface area contributed by atoms with Gasteiger partial charge in [-0.1, -0.05) is 11.6 Å². The largest absolute Gasteiger partial charge is 0.550 e. The van der Waals surface area contributed by atoms with Gasteiger partial charge in [0.25, 0.3) is 11.6 Å². The molecule has 0 saturated heterocycles. The van der Waals surface area contributed by atoms with E-state index in [-0.39, 0.29) is 21.8 Å². The number of nitro benzene ring substituents is 1. The smallest absolute Gasteiger partial charge is 0.269 e. The fraction of sp³-hybridized carbons (Fsp3) is 0.125. The second-order valence-corrected chi connectivity index (χ2v) is 5.48. The molecule has 9 heteroatoms.